The molecule has 1 fully saturated rings. The average molecular weight is 1400 g/mol. The van der Waals surface area contributed by atoms with Crippen LogP contribution in [0.1, 0.15) is 138 Å². The van der Waals surface area contributed by atoms with Gasteiger partial charge in [0.2, 0.25) is 65.0 Å². The normalized spacial score (nSPS) is 23.7. The van der Waals surface area contributed by atoms with Crippen molar-refractivity contribution in [3.05, 3.63) is 58.3 Å². The van der Waals surface area contributed by atoms with Gasteiger partial charge in [-0.05, 0) is 94.1 Å². The summed E-state index contributed by atoms with van der Waals surface area (Å²) in [6.07, 6.45) is -9.61. The van der Waals surface area contributed by atoms with Gasteiger partial charge in [0.1, 0.15) is 60.0 Å². The summed E-state index contributed by atoms with van der Waals surface area (Å²) in [7, 11) is 0. The van der Waals surface area contributed by atoms with Crippen LogP contribution in [0.3, 0.4) is 0 Å². The molecule has 1 aliphatic heterocycles. The molecule has 1 aliphatic rings. The summed E-state index contributed by atoms with van der Waals surface area (Å²) in [5.74, 6) is -17.9. The number of thiophene rings is 1. The van der Waals surface area contributed by atoms with E-state index >= 15 is 14.4 Å². The molecule has 0 radical (unpaired) electrons. The number of benzene rings is 1. The van der Waals surface area contributed by atoms with E-state index < -0.39 is 204 Å². The standard InChI is InChI=1S/C63H99N15O19S/c1-13-32(8)41-55(89)75-42(33(9)80)54(88)68-27-40(81)73-45(48(83)50(64)84)58(92)72-38(28-79)60(94)96-49(34-19-15-14-16-20-34)46(77-53(87)37(26-30(4)5)70-56(90)43(39-22-18-24-98-39)78-62(95)97-63(10,11)12)59(93)76-44(47(82)31(6)7)57(91)71-36(25-29(2)3)52(86)69-35(51(85)74-41)21-17-23-67-61(65)66/h14-16,18-20,22,24,29-33,35-38,41-49,79-80,82-83H,13,17,21,23,25-28H2,1-12H3,(H2,64,84)(H,68,88)(H,69,86)(H,70,90)(H,71,91)(H,72,92)(H,73,81)(H,74,85)(H,75,89)(H,76,93)(H,77,87)(H,78,95)(H4,65,66,67)/t32-,33-,35+,36-,37-,38-,41?,42?,43+,44-,45-,46-,47+,48-,49+/m0/s1. The molecule has 0 aliphatic carbocycles. The second-order valence-electron chi connectivity index (χ2n) is 25.9. The van der Waals surface area contributed by atoms with Crippen molar-refractivity contribution in [1.29, 1.82) is 0 Å². The molecule has 12 amide bonds. The zero-order valence-electron chi connectivity index (χ0n) is 57.2. The highest BCUT2D eigenvalue weighted by Gasteiger charge is 2.44. The minimum Gasteiger partial charge on any atom is -0.453 e. The van der Waals surface area contributed by atoms with Crippen molar-refractivity contribution in [3.63, 3.8) is 0 Å². The number of alkyl carbamates (subject to hydrolysis) is 1. The van der Waals surface area contributed by atoms with E-state index in [0.29, 0.717) is 4.88 Å². The molecular weight excluding hydrogens is 1300 g/mol. The Morgan fingerprint density at radius 3 is 1.81 bits per heavy atom. The Bertz CT molecular complexity index is 3090. The highest BCUT2D eigenvalue weighted by molar-refractivity contribution is 7.10. The summed E-state index contributed by atoms with van der Waals surface area (Å²) in [6, 6.07) is -8.57. The maximum Gasteiger partial charge on any atom is 0.408 e. The summed E-state index contributed by atoms with van der Waals surface area (Å²) >= 11 is 1.08. The number of guanidine groups is 1. The van der Waals surface area contributed by atoms with Crippen LogP contribution >= 0.6 is 11.3 Å². The van der Waals surface area contributed by atoms with Crippen LogP contribution in [0.5, 0.6) is 0 Å². The quantitative estimate of drug-likeness (QED) is 0.0222. The second-order valence-corrected chi connectivity index (χ2v) is 26.9. The Hall–Kier alpha value is -9.06. The molecule has 0 spiro atoms. The molecule has 1 aromatic heterocycles. The van der Waals surface area contributed by atoms with Crippen molar-refractivity contribution in [1.82, 2.24) is 58.5 Å². The van der Waals surface area contributed by atoms with Crippen LogP contribution in [0.4, 0.5) is 4.79 Å². The van der Waals surface area contributed by atoms with Crippen LogP contribution < -0.4 is 75.7 Å². The van der Waals surface area contributed by atoms with Crippen molar-refractivity contribution in [2.24, 2.45) is 45.9 Å². The minimum atomic E-state index is -2.60. The lowest BCUT2D eigenvalue weighted by molar-refractivity contribution is -0.159. The Balaban J connectivity index is 2.44. The lowest BCUT2D eigenvalue weighted by Gasteiger charge is -2.34. The SMILES string of the molecule is CC[C@H](C)C1NC(=O)[C@@H](CCCN=C(N)N)NC(=O)[C@H](CC(C)C)NC(=O)[C@H]([C@H](O)C(C)C)NC(=O)[C@@H](NC(=O)[C@H](CC(C)C)NC(=O)[C@H](NC(=O)OC(C)(C)C)c2cccs2)[C@@H](c2ccccc2)OC(=O)[C@H](CO)NC(=O)[C@H]([C@H](O)C(N)=O)NC(=O)CNC(=O)C([C@H](C)O)NC1=O. The number of esters is 1. The molecule has 546 valence electrons. The van der Waals surface area contributed by atoms with E-state index in [1.54, 1.807) is 73.8 Å². The summed E-state index contributed by atoms with van der Waals surface area (Å²) in [5, 5.41) is 72.5. The molecule has 2 heterocycles. The van der Waals surface area contributed by atoms with Crippen molar-refractivity contribution in [2.75, 3.05) is 19.7 Å². The van der Waals surface area contributed by atoms with Gasteiger partial charge in [-0.3, -0.25) is 57.7 Å². The third-order valence-electron chi connectivity index (χ3n) is 15.1. The molecule has 2 aromatic rings. The first-order valence-corrected chi connectivity index (χ1v) is 33.0. The zero-order chi connectivity index (χ0) is 74.1. The topological polar surface area (TPSA) is 544 Å². The summed E-state index contributed by atoms with van der Waals surface area (Å²) < 4.78 is 11.4. The number of nitrogens with two attached hydrogens (primary N) is 3. The van der Waals surface area contributed by atoms with Gasteiger partial charge in [0, 0.05) is 11.4 Å². The Labute approximate surface area is 572 Å². The first kappa shape index (κ1) is 83.2. The highest BCUT2D eigenvalue weighted by atomic mass is 32.1. The van der Waals surface area contributed by atoms with Crippen molar-refractivity contribution in [3.8, 4) is 0 Å². The second kappa shape index (κ2) is 39.4. The van der Waals surface area contributed by atoms with E-state index in [1.807, 2.05) is 10.6 Å². The van der Waals surface area contributed by atoms with Crippen LogP contribution in [0.25, 0.3) is 0 Å². The van der Waals surface area contributed by atoms with Gasteiger partial charge in [-0.2, -0.15) is 0 Å². The lowest BCUT2D eigenvalue weighted by atomic mass is 9.95. The molecular formula is C63H99N15O19S. The molecule has 1 saturated heterocycles. The number of carbonyl (C=O) groups excluding carboxylic acids is 13. The average Bonchev–Trinajstić information content (AvgIpc) is 1.01. The number of nitrogens with one attached hydrogen (secondary N) is 11. The van der Waals surface area contributed by atoms with E-state index in [-0.39, 0.29) is 50.2 Å². The number of amides is 12. The fraction of sp³-hybridized carbons (Fsp3) is 0.619. The number of aliphatic hydroxyl groups is 4. The number of nitrogens with zero attached hydrogens (tertiary/aromatic N) is 1. The van der Waals surface area contributed by atoms with Crippen LogP contribution in [0.2, 0.25) is 0 Å². The summed E-state index contributed by atoms with van der Waals surface area (Å²) in [5.41, 5.74) is 15.4. The van der Waals surface area contributed by atoms with Gasteiger partial charge in [0.15, 0.2) is 24.2 Å². The molecule has 15 atom stereocenters. The maximum absolute atomic E-state index is 15.6. The van der Waals surface area contributed by atoms with E-state index in [4.69, 9.17) is 26.7 Å². The van der Waals surface area contributed by atoms with Crippen molar-refractivity contribution >= 4 is 94.3 Å². The van der Waals surface area contributed by atoms with E-state index in [2.05, 4.69) is 52.8 Å². The number of aliphatic hydroxyl groups excluding tert-OH is 4. The molecule has 98 heavy (non-hydrogen) atoms. The maximum atomic E-state index is 15.6. The molecule has 0 bridgehead atoms. The predicted octanol–water partition coefficient (Wildman–Crippen LogP) is -3.48. The minimum absolute atomic E-state index is 0.0281. The number of aliphatic imine (C=N–C) groups is 1. The number of hydrogen-bond donors (Lipinski definition) is 18. The number of hydrogen-bond acceptors (Lipinski definition) is 21. The molecule has 1 aromatic carbocycles. The van der Waals surface area contributed by atoms with Gasteiger partial charge in [0.05, 0.1) is 25.4 Å². The lowest BCUT2D eigenvalue weighted by Crippen LogP contribution is -2.64. The fourth-order valence-corrected chi connectivity index (χ4v) is 10.5. The predicted molar refractivity (Wildman–Crippen MR) is 355 cm³/mol. The van der Waals surface area contributed by atoms with Gasteiger partial charge in [-0.15, -0.1) is 11.3 Å². The van der Waals surface area contributed by atoms with Gasteiger partial charge in [-0.25, -0.2) is 9.59 Å². The first-order chi connectivity index (χ1) is 45.8. The third-order valence-corrected chi connectivity index (χ3v) is 16.1. The molecule has 0 saturated carbocycles. The smallest absolute Gasteiger partial charge is 0.408 e. The molecule has 21 N–H and O–H groups in total. The molecule has 34 nitrogen and oxygen atoms in total. The number of primary amides is 1. The molecule has 3 rings (SSSR count). The Morgan fingerprint density at radius 1 is 0.684 bits per heavy atom. The largest absolute Gasteiger partial charge is 0.453 e. The summed E-state index contributed by atoms with van der Waals surface area (Å²) in [4.78, 5) is 190. The monoisotopic (exact) mass is 1400 g/mol. The third kappa shape index (κ3) is 26.7. The number of rotatable bonds is 23. The van der Waals surface area contributed by atoms with Gasteiger partial charge in [-0.1, -0.05) is 98.2 Å². The zero-order valence-corrected chi connectivity index (χ0v) is 58.0. The number of cyclic esters (lactones) is 1. The van der Waals surface area contributed by atoms with Crippen LogP contribution in [0.15, 0.2) is 52.8 Å². The van der Waals surface area contributed by atoms with E-state index in [0.717, 1.165) is 18.3 Å². The van der Waals surface area contributed by atoms with E-state index in [1.165, 1.54) is 50.2 Å². The molecule has 2 unspecified atom stereocenters. The van der Waals surface area contributed by atoms with Crippen molar-refractivity contribution < 1.29 is 92.2 Å². The van der Waals surface area contributed by atoms with Crippen LogP contribution in [0, 0.1) is 23.7 Å². The van der Waals surface area contributed by atoms with Crippen LogP contribution in [-0.2, 0) is 67.0 Å². The Kier molecular flexibility index (Phi) is 33.4. The van der Waals surface area contributed by atoms with Crippen LogP contribution in [-0.4, -0.2) is 201 Å². The summed E-state index contributed by atoms with van der Waals surface area (Å²) in [6.45, 7) is 16.3. The number of carbonyl (C=O) groups is 13. The molecule has 35 heteroatoms. The number of ether oxygens (including phenoxy) is 2. The fourth-order valence-electron chi connectivity index (χ4n) is 9.76. The van der Waals surface area contributed by atoms with Gasteiger partial charge >= 0.3 is 12.1 Å². The highest BCUT2D eigenvalue weighted by Crippen LogP contribution is 2.26. The van der Waals surface area contributed by atoms with Gasteiger partial charge < -0.3 is 106 Å². The Morgan fingerprint density at radius 2 is 1.27 bits per heavy atom. The van der Waals surface area contributed by atoms with E-state index in [9.17, 15) is 68.4 Å². The van der Waals surface area contributed by atoms with Crippen molar-refractivity contribution in [2.45, 2.75) is 206 Å². The van der Waals surface area contributed by atoms with Gasteiger partial charge in [0.25, 0.3) is 0 Å². The first-order valence-electron chi connectivity index (χ1n) is 32.1.